The first-order valence-corrected chi connectivity index (χ1v) is 8.66. The van der Waals surface area contributed by atoms with E-state index < -0.39 is 5.60 Å². The highest BCUT2D eigenvalue weighted by Crippen LogP contribution is 2.27. The Morgan fingerprint density at radius 2 is 1.96 bits per heavy atom. The van der Waals surface area contributed by atoms with E-state index in [0.29, 0.717) is 31.5 Å². The maximum Gasteiger partial charge on any atom is 0.410 e. The summed E-state index contributed by atoms with van der Waals surface area (Å²) in [6, 6.07) is 0. The van der Waals surface area contributed by atoms with Gasteiger partial charge in [-0.15, -0.1) is 0 Å². The fourth-order valence-corrected chi connectivity index (χ4v) is 2.94. The molecule has 1 rings (SSSR count). The van der Waals surface area contributed by atoms with E-state index in [1.165, 1.54) is 0 Å². The highest BCUT2D eigenvalue weighted by molar-refractivity contribution is 5.68. The van der Waals surface area contributed by atoms with Crippen molar-refractivity contribution >= 4 is 6.09 Å². The predicted octanol–water partition coefficient (Wildman–Crippen LogP) is 1.87. The minimum absolute atomic E-state index is 0.211. The number of amides is 1. The number of carbonyl (C=O) groups excluding carboxylic acids is 1. The molecule has 6 heteroatoms. The Labute approximate surface area is 140 Å². The maximum absolute atomic E-state index is 12.1. The molecule has 1 amide bonds. The molecule has 0 radical (unpaired) electrons. The fourth-order valence-electron chi connectivity index (χ4n) is 2.94. The van der Waals surface area contributed by atoms with Crippen LogP contribution in [0.5, 0.6) is 0 Å². The van der Waals surface area contributed by atoms with Crippen molar-refractivity contribution in [2.45, 2.75) is 45.6 Å². The zero-order chi connectivity index (χ0) is 17.3. The third kappa shape index (κ3) is 7.99. The average molecular weight is 330 g/mol. The lowest BCUT2D eigenvalue weighted by molar-refractivity contribution is 0.0137. The zero-order valence-electron chi connectivity index (χ0n) is 15.1. The first kappa shape index (κ1) is 20.2. The third-order valence-corrected chi connectivity index (χ3v) is 4.27. The molecule has 23 heavy (non-hydrogen) atoms. The lowest BCUT2D eigenvalue weighted by Crippen LogP contribution is -2.43. The number of likely N-dealkylation sites (tertiary alicyclic amines) is 1. The third-order valence-electron chi connectivity index (χ3n) is 4.27. The summed E-state index contributed by atoms with van der Waals surface area (Å²) in [5.74, 6) is 0.772. The maximum atomic E-state index is 12.1. The molecule has 1 aliphatic heterocycles. The average Bonchev–Trinajstić information content (AvgIpc) is 2.49. The molecular weight excluding hydrogens is 296 g/mol. The van der Waals surface area contributed by atoms with Gasteiger partial charge in [0.05, 0.1) is 6.61 Å². The van der Waals surface area contributed by atoms with E-state index in [1.807, 2.05) is 20.8 Å². The van der Waals surface area contributed by atoms with Crippen molar-refractivity contribution in [1.82, 2.24) is 10.2 Å². The van der Waals surface area contributed by atoms with Crippen LogP contribution in [0, 0.1) is 11.8 Å². The number of ether oxygens (including phenoxy) is 2. The smallest absolute Gasteiger partial charge is 0.410 e. The number of methoxy groups -OCH3 is 1. The van der Waals surface area contributed by atoms with Crippen molar-refractivity contribution in [3.63, 3.8) is 0 Å². The monoisotopic (exact) mass is 330 g/mol. The Kier molecular flexibility index (Phi) is 8.87. The van der Waals surface area contributed by atoms with E-state index in [1.54, 1.807) is 12.0 Å². The quantitative estimate of drug-likeness (QED) is 0.665. The van der Waals surface area contributed by atoms with E-state index in [4.69, 9.17) is 9.47 Å². The molecule has 0 aromatic rings. The molecule has 1 unspecified atom stereocenters. The van der Waals surface area contributed by atoms with E-state index in [9.17, 15) is 9.90 Å². The Morgan fingerprint density at radius 1 is 1.30 bits per heavy atom. The van der Waals surface area contributed by atoms with Gasteiger partial charge in [-0.25, -0.2) is 4.79 Å². The van der Waals surface area contributed by atoms with Crippen LogP contribution in [-0.4, -0.2) is 68.2 Å². The molecule has 2 N–H and O–H groups in total. The van der Waals surface area contributed by atoms with E-state index in [-0.39, 0.29) is 12.7 Å². The Bertz CT molecular complexity index is 336. The molecule has 0 aromatic carbocycles. The van der Waals surface area contributed by atoms with Gasteiger partial charge in [-0.05, 0) is 58.4 Å². The summed E-state index contributed by atoms with van der Waals surface area (Å²) >= 11 is 0. The van der Waals surface area contributed by atoms with Gasteiger partial charge in [-0.1, -0.05) is 0 Å². The largest absolute Gasteiger partial charge is 0.444 e. The second kappa shape index (κ2) is 10.1. The van der Waals surface area contributed by atoms with E-state index >= 15 is 0 Å². The molecule has 1 fully saturated rings. The molecule has 136 valence electrons. The van der Waals surface area contributed by atoms with Crippen LogP contribution in [0.1, 0.15) is 40.0 Å². The highest BCUT2D eigenvalue weighted by atomic mass is 16.6. The van der Waals surface area contributed by atoms with Crippen LogP contribution in [0.25, 0.3) is 0 Å². The molecule has 0 spiro atoms. The van der Waals surface area contributed by atoms with E-state index in [0.717, 1.165) is 32.4 Å². The molecule has 0 aliphatic carbocycles. The topological polar surface area (TPSA) is 71.0 Å². The number of nitrogens with zero attached hydrogens (tertiary/aromatic N) is 1. The lowest BCUT2D eigenvalue weighted by Gasteiger charge is -2.36. The zero-order valence-corrected chi connectivity index (χ0v) is 15.1. The van der Waals surface area contributed by atoms with Crippen LogP contribution in [-0.2, 0) is 9.47 Å². The SMILES string of the molecule is COCCNCCC(CO)C1CCN(C(=O)OC(C)(C)C)CC1. The Balaban J connectivity index is 2.31. The minimum Gasteiger partial charge on any atom is -0.444 e. The first-order valence-electron chi connectivity index (χ1n) is 8.66. The molecule has 0 bridgehead atoms. The molecule has 0 aromatic heterocycles. The number of aliphatic hydroxyl groups is 1. The molecule has 0 saturated carbocycles. The van der Waals surface area contributed by atoms with Gasteiger partial charge >= 0.3 is 6.09 Å². The van der Waals surface area contributed by atoms with Crippen LogP contribution in [0.4, 0.5) is 4.79 Å². The van der Waals surface area contributed by atoms with Gasteiger partial charge in [0.1, 0.15) is 5.60 Å². The molecular formula is C17H34N2O4. The van der Waals surface area contributed by atoms with Gasteiger partial charge in [0.25, 0.3) is 0 Å². The Morgan fingerprint density at radius 3 is 2.48 bits per heavy atom. The summed E-state index contributed by atoms with van der Waals surface area (Å²) in [7, 11) is 1.69. The summed E-state index contributed by atoms with van der Waals surface area (Å²) in [4.78, 5) is 13.8. The number of nitrogens with one attached hydrogen (secondary N) is 1. The predicted molar refractivity (Wildman–Crippen MR) is 90.5 cm³/mol. The van der Waals surface area contributed by atoms with Crippen LogP contribution in [0.15, 0.2) is 0 Å². The standard InChI is InChI=1S/C17H34N2O4/c1-17(2,3)23-16(21)19-10-6-14(7-11-19)15(13-20)5-8-18-9-12-22-4/h14-15,18,20H,5-13H2,1-4H3. The van der Waals surface area contributed by atoms with Crippen molar-refractivity contribution in [1.29, 1.82) is 0 Å². The lowest BCUT2D eigenvalue weighted by atomic mass is 9.83. The molecule has 6 nitrogen and oxygen atoms in total. The van der Waals surface area contributed by atoms with Crippen LogP contribution < -0.4 is 5.32 Å². The summed E-state index contributed by atoms with van der Waals surface area (Å²) in [5.41, 5.74) is -0.449. The first-order chi connectivity index (χ1) is 10.9. The van der Waals surface area contributed by atoms with Crippen LogP contribution in [0.3, 0.4) is 0 Å². The summed E-state index contributed by atoms with van der Waals surface area (Å²) in [5, 5.41) is 13.0. The van der Waals surface area contributed by atoms with Crippen molar-refractivity contribution in [2.24, 2.45) is 11.8 Å². The molecule has 1 aliphatic rings. The molecule has 1 atom stereocenters. The van der Waals surface area contributed by atoms with Crippen molar-refractivity contribution in [2.75, 3.05) is 46.5 Å². The van der Waals surface area contributed by atoms with Gasteiger partial charge in [0, 0.05) is 33.4 Å². The van der Waals surface area contributed by atoms with Crippen molar-refractivity contribution in [3.8, 4) is 0 Å². The molecule has 1 heterocycles. The number of rotatable bonds is 8. The second-order valence-electron chi connectivity index (χ2n) is 7.28. The minimum atomic E-state index is -0.449. The van der Waals surface area contributed by atoms with Gasteiger partial charge in [-0.2, -0.15) is 0 Å². The number of hydrogen-bond donors (Lipinski definition) is 2. The number of hydrogen-bond acceptors (Lipinski definition) is 5. The normalized spacial score (nSPS) is 18.0. The highest BCUT2D eigenvalue weighted by Gasteiger charge is 2.30. The van der Waals surface area contributed by atoms with Crippen molar-refractivity contribution < 1.29 is 19.4 Å². The summed E-state index contributed by atoms with van der Waals surface area (Å²) < 4.78 is 10.4. The second-order valence-corrected chi connectivity index (χ2v) is 7.28. The van der Waals surface area contributed by atoms with E-state index in [2.05, 4.69) is 5.32 Å². The van der Waals surface area contributed by atoms with Crippen molar-refractivity contribution in [3.05, 3.63) is 0 Å². The van der Waals surface area contributed by atoms with Gasteiger partial charge in [-0.3, -0.25) is 0 Å². The van der Waals surface area contributed by atoms with Gasteiger partial charge in [0.15, 0.2) is 0 Å². The van der Waals surface area contributed by atoms with Gasteiger partial charge < -0.3 is 24.8 Å². The number of carbonyl (C=O) groups is 1. The van der Waals surface area contributed by atoms with Crippen LogP contribution >= 0.6 is 0 Å². The summed E-state index contributed by atoms with van der Waals surface area (Å²) in [6.45, 7) is 9.73. The van der Waals surface area contributed by atoms with Crippen LogP contribution in [0.2, 0.25) is 0 Å². The summed E-state index contributed by atoms with van der Waals surface area (Å²) in [6.07, 6.45) is 2.60. The molecule has 1 saturated heterocycles. The number of piperidine rings is 1. The fraction of sp³-hybridized carbons (Fsp3) is 0.941. The Hall–Kier alpha value is -0.850. The number of aliphatic hydroxyl groups excluding tert-OH is 1. The van der Waals surface area contributed by atoms with Gasteiger partial charge in [0.2, 0.25) is 0 Å².